The molecule has 1 unspecified atom stereocenters. The van der Waals surface area contributed by atoms with Gasteiger partial charge in [0.2, 0.25) is 11.8 Å². The van der Waals surface area contributed by atoms with Crippen LogP contribution >= 0.6 is 0 Å². The molecule has 2 heterocycles. The summed E-state index contributed by atoms with van der Waals surface area (Å²) >= 11 is 0. The van der Waals surface area contributed by atoms with Gasteiger partial charge in [0.25, 0.3) is 0 Å². The number of rotatable bonds is 17. The minimum Gasteiger partial charge on any atom is -0.453 e. The van der Waals surface area contributed by atoms with E-state index in [1.807, 2.05) is 61.5 Å². The second-order valence-corrected chi connectivity index (χ2v) is 13.7. The van der Waals surface area contributed by atoms with Gasteiger partial charge in [-0.3, -0.25) is 9.59 Å². The molecule has 12 heteroatoms. The maximum atomic E-state index is 13.7. The summed E-state index contributed by atoms with van der Waals surface area (Å²) in [5, 5.41) is 8.01. The number of ether oxygens (including phenoxy) is 1. The Morgan fingerprint density at radius 1 is 0.768 bits per heavy atom. The fourth-order valence-corrected chi connectivity index (χ4v) is 6.78. The smallest absolute Gasteiger partial charge is 0.407 e. The van der Waals surface area contributed by atoms with Gasteiger partial charge in [0.15, 0.2) is 0 Å². The Labute approximate surface area is 327 Å². The standard InChI is InChI=1S/C44H50N8O4/c1-5-21-51(41(53)27-48-44(55)56-4)28-39-47-26-38(50-39)36-20-19-34-23-33(17-18-35(34)24-36)30-13-15-31(16-14-30)37-25-46-40(49-37)29-52(22-6-2)43(54)42(45-7-3)32-11-9-8-10-12-32/h8-20,23-26,42,45H,5-7,21-22,27-29H2,1-4H3,(H,46,49)(H,47,50)(H,48,55). The number of amides is 3. The predicted molar refractivity (Wildman–Crippen MR) is 219 cm³/mol. The van der Waals surface area contributed by atoms with E-state index in [1.54, 1.807) is 4.90 Å². The summed E-state index contributed by atoms with van der Waals surface area (Å²) < 4.78 is 4.58. The number of fused-ring (bicyclic) bond motifs is 1. The summed E-state index contributed by atoms with van der Waals surface area (Å²) in [5.41, 5.74) is 6.82. The fourth-order valence-electron chi connectivity index (χ4n) is 6.78. The van der Waals surface area contributed by atoms with Gasteiger partial charge in [-0.15, -0.1) is 0 Å². The lowest BCUT2D eigenvalue weighted by Gasteiger charge is -2.27. The number of benzene rings is 4. The van der Waals surface area contributed by atoms with Crippen molar-refractivity contribution in [2.45, 2.75) is 52.7 Å². The average molecular weight is 755 g/mol. The Kier molecular flexibility index (Phi) is 13.3. The summed E-state index contributed by atoms with van der Waals surface area (Å²) in [5.74, 6) is 1.23. The van der Waals surface area contributed by atoms with E-state index in [1.165, 1.54) is 7.11 Å². The largest absolute Gasteiger partial charge is 0.453 e. The third-order valence-corrected chi connectivity index (χ3v) is 9.61. The molecule has 3 amide bonds. The third-order valence-electron chi connectivity index (χ3n) is 9.61. The number of hydrogen-bond donors (Lipinski definition) is 4. The maximum absolute atomic E-state index is 13.7. The summed E-state index contributed by atoms with van der Waals surface area (Å²) in [6.07, 6.45) is 4.66. The summed E-state index contributed by atoms with van der Waals surface area (Å²) in [6, 6.07) is 30.6. The minimum absolute atomic E-state index is 0.0385. The van der Waals surface area contributed by atoms with E-state index in [9.17, 15) is 14.4 Å². The predicted octanol–water partition coefficient (Wildman–Crippen LogP) is 7.47. The van der Waals surface area contributed by atoms with Gasteiger partial charge < -0.3 is 35.1 Å². The van der Waals surface area contributed by atoms with Crippen LogP contribution in [0.25, 0.3) is 44.4 Å². The van der Waals surface area contributed by atoms with Crippen LogP contribution in [0.4, 0.5) is 4.79 Å². The number of carbonyl (C=O) groups excluding carboxylic acids is 3. The molecule has 4 aromatic carbocycles. The van der Waals surface area contributed by atoms with Crippen molar-refractivity contribution < 1.29 is 19.1 Å². The molecular weight excluding hydrogens is 705 g/mol. The van der Waals surface area contributed by atoms with Gasteiger partial charge in [-0.1, -0.05) is 99.6 Å². The molecular formula is C44H50N8O4. The molecule has 0 bridgehead atoms. The van der Waals surface area contributed by atoms with E-state index < -0.39 is 12.1 Å². The second-order valence-electron chi connectivity index (χ2n) is 13.7. The van der Waals surface area contributed by atoms with Crippen LogP contribution in [-0.4, -0.2) is 80.9 Å². The van der Waals surface area contributed by atoms with E-state index in [0.29, 0.717) is 38.5 Å². The Morgan fingerprint density at radius 2 is 1.41 bits per heavy atom. The van der Waals surface area contributed by atoms with Gasteiger partial charge in [0.05, 0.1) is 37.8 Å². The van der Waals surface area contributed by atoms with Crippen LogP contribution in [0.3, 0.4) is 0 Å². The molecule has 56 heavy (non-hydrogen) atoms. The van der Waals surface area contributed by atoms with Crippen LogP contribution in [0, 0.1) is 0 Å². The molecule has 4 N–H and O–H groups in total. The van der Waals surface area contributed by atoms with E-state index in [0.717, 1.165) is 68.6 Å². The highest BCUT2D eigenvalue weighted by Crippen LogP contribution is 2.30. The van der Waals surface area contributed by atoms with E-state index in [4.69, 9.17) is 4.98 Å². The molecule has 0 saturated heterocycles. The van der Waals surface area contributed by atoms with Gasteiger partial charge >= 0.3 is 6.09 Å². The lowest BCUT2D eigenvalue weighted by atomic mass is 9.98. The highest BCUT2D eigenvalue weighted by molar-refractivity contribution is 5.90. The molecule has 0 radical (unpaired) electrons. The van der Waals surface area contributed by atoms with Crippen molar-refractivity contribution in [1.82, 2.24) is 40.4 Å². The monoisotopic (exact) mass is 754 g/mol. The van der Waals surface area contributed by atoms with Crippen LogP contribution in [0.2, 0.25) is 0 Å². The normalized spacial score (nSPS) is 11.6. The van der Waals surface area contributed by atoms with Gasteiger partial charge in [0.1, 0.15) is 24.2 Å². The number of likely N-dealkylation sites (N-methyl/N-ethyl adjacent to an activating group) is 1. The van der Waals surface area contributed by atoms with Crippen LogP contribution in [0.1, 0.15) is 56.9 Å². The van der Waals surface area contributed by atoms with E-state index in [2.05, 4.69) is 97.9 Å². The Morgan fingerprint density at radius 3 is 2.11 bits per heavy atom. The first-order valence-electron chi connectivity index (χ1n) is 19.2. The zero-order chi connectivity index (χ0) is 39.4. The first-order chi connectivity index (χ1) is 27.3. The number of carbonyl (C=O) groups is 3. The second kappa shape index (κ2) is 18.9. The summed E-state index contributed by atoms with van der Waals surface area (Å²) in [6.45, 7) is 8.51. The lowest BCUT2D eigenvalue weighted by Crippen LogP contribution is -2.41. The molecule has 0 spiro atoms. The molecule has 1 atom stereocenters. The SMILES string of the molecule is CCCN(Cc1nc(-c2ccc3cc(-c4ccc(-c5cnc(CN(CCC)C(=O)C(NCC)c6ccccc6)[nH]5)cc4)ccc3c2)c[nH]1)C(=O)CNC(=O)OC. The highest BCUT2D eigenvalue weighted by atomic mass is 16.5. The third kappa shape index (κ3) is 9.69. The van der Waals surface area contributed by atoms with Crippen LogP contribution < -0.4 is 10.6 Å². The topological polar surface area (TPSA) is 148 Å². The molecule has 12 nitrogen and oxygen atoms in total. The van der Waals surface area contributed by atoms with Crippen LogP contribution in [0.15, 0.2) is 103 Å². The number of nitrogens with zero attached hydrogens (tertiary/aromatic N) is 4. The zero-order valence-electron chi connectivity index (χ0n) is 32.5. The first kappa shape index (κ1) is 39.4. The zero-order valence-corrected chi connectivity index (χ0v) is 32.5. The minimum atomic E-state index is -0.643. The van der Waals surface area contributed by atoms with Crippen molar-refractivity contribution in [2.24, 2.45) is 0 Å². The van der Waals surface area contributed by atoms with Crippen molar-refractivity contribution in [1.29, 1.82) is 0 Å². The molecule has 2 aromatic heterocycles. The number of alkyl carbamates (subject to hydrolysis) is 1. The fraction of sp³-hybridized carbons (Fsp3) is 0.295. The number of imidazole rings is 2. The molecule has 6 aromatic rings. The van der Waals surface area contributed by atoms with Crippen molar-refractivity contribution in [2.75, 3.05) is 33.3 Å². The van der Waals surface area contributed by atoms with Gasteiger partial charge in [0, 0.05) is 24.8 Å². The summed E-state index contributed by atoms with van der Waals surface area (Å²) in [4.78, 5) is 57.5. The molecule has 0 aliphatic carbocycles. The molecule has 290 valence electrons. The molecule has 0 saturated carbocycles. The molecule has 0 fully saturated rings. The number of aromatic nitrogens is 4. The van der Waals surface area contributed by atoms with Gasteiger partial charge in [-0.05, 0) is 64.5 Å². The summed E-state index contributed by atoms with van der Waals surface area (Å²) in [7, 11) is 1.26. The Bertz CT molecular complexity index is 2230. The van der Waals surface area contributed by atoms with Crippen molar-refractivity contribution in [3.05, 3.63) is 121 Å². The van der Waals surface area contributed by atoms with Crippen LogP contribution in [-0.2, 0) is 27.4 Å². The number of hydrogen-bond acceptors (Lipinski definition) is 7. The molecule has 0 aliphatic heterocycles. The van der Waals surface area contributed by atoms with E-state index in [-0.39, 0.29) is 18.4 Å². The lowest BCUT2D eigenvalue weighted by molar-refractivity contribution is -0.134. The number of aromatic amines is 2. The number of H-pyrrole nitrogens is 2. The van der Waals surface area contributed by atoms with E-state index >= 15 is 0 Å². The quantitative estimate of drug-likeness (QED) is 0.0755. The van der Waals surface area contributed by atoms with Gasteiger partial charge in [-0.2, -0.15) is 0 Å². The Hall–Kier alpha value is -6.27. The highest BCUT2D eigenvalue weighted by Gasteiger charge is 2.26. The van der Waals surface area contributed by atoms with Crippen molar-refractivity contribution in [3.63, 3.8) is 0 Å². The van der Waals surface area contributed by atoms with Crippen molar-refractivity contribution in [3.8, 4) is 33.6 Å². The molecule has 6 rings (SSSR count). The molecule has 0 aliphatic rings. The Balaban J connectivity index is 1.11. The first-order valence-corrected chi connectivity index (χ1v) is 19.2. The number of methoxy groups -OCH3 is 1. The number of nitrogens with one attached hydrogen (secondary N) is 4. The van der Waals surface area contributed by atoms with Crippen molar-refractivity contribution >= 4 is 28.7 Å². The van der Waals surface area contributed by atoms with Gasteiger partial charge in [-0.25, -0.2) is 14.8 Å². The van der Waals surface area contributed by atoms with Crippen LogP contribution in [0.5, 0.6) is 0 Å². The maximum Gasteiger partial charge on any atom is 0.407 e. The average Bonchev–Trinajstić information content (AvgIpc) is 3.91.